The van der Waals surface area contributed by atoms with Crippen LogP contribution in [0.5, 0.6) is 0 Å². The van der Waals surface area contributed by atoms with Gasteiger partial charge in [0.05, 0.1) is 52.9 Å². The molecule has 0 radical (unpaired) electrons. The topological polar surface area (TPSA) is 160 Å². The van der Waals surface area contributed by atoms with E-state index < -0.39 is 11.4 Å². The van der Waals surface area contributed by atoms with Gasteiger partial charge < -0.3 is 9.87 Å². The monoisotopic (exact) mass is 505 g/mol. The van der Waals surface area contributed by atoms with Gasteiger partial charge in [-0.05, 0) is 37.8 Å². The van der Waals surface area contributed by atoms with Crippen LogP contribution in [0.2, 0.25) is 0 Å². The van der Waals surface area contributed by atoms with Crippen LogP contribution in [0.3, 0.4) is 0 Å². The van der Waals surface area contributed by atoms with Crippen LogP contribution in [0.4, 0.5) is 5.82 Å². The van der Waals surface area contributed by atoms with Crippen molar-refractivity contribution in [3.05, 3.63) is 58.3 Å². The van der Waals surface area contributed by atoms with Crippen LogP contribution in [0.15, 0.2) is 40.5 Å². The van der Waals surface area contributed by atoms with Crippen LogP contribution < -0.4 is 16.0 Å². The van der Waals surface area contributed by atoms with Crippen molar-refractivity contribution < 1.29 is 4.55 Å². The number of nitrogens with two attached hydrogens (primary N) is 1. The molecule has 1 unspecified atom stereocenters. The molecule has 1 saturated carbocycles. The summed E-state index contributed by atoms with van der Waals surface area (Å²) in [6.07, 6.45) is 6.87. The minimum absolute atomic E-state index is 0.186. The van der Waals surface area contributed by atoms with Gasteiger partial charge >= 0.3 is 0 Å². The van der Waals surface area contributed by atoms with E-state index in [0.717, 1.165) is 29.8 Å². The van der Waals surface area contributed by atoms with Gasteiger partial charge in [0.2, 0.25) is 0 Å². The van der Waals surface area contributed by atoms with Crippen LogP contribution in [-0.2, 0) is 24.5 Å². The Balaban J connectivity index is 1.54. The minimum atomic E-state index is -1.59. The second kappa shape index (κ2) is 9.88. The Kier molecular flexibility index (Phi) is 6.65. The lowest BCUT2D eigenvalue weighted by atomic mass is 10.1. The molecule has 0 saturated heterocycles. The summed E-state index contributed by atoms with van der Waals surface area (Å²) in [6.45, 7) is 6.74. The van der Waals surface area contributed by atoms with E-state index in [4.69, 9.17) is 10.1 Å². The Morgan fingerprint density at radius 3 is 2.64 bits per heavy atom. The second-order valence-electron chi connectivity index (χ2n) is 9.30. The molecule has 11 nitrogen and oxygen atoms in total. The van der Waals surface area contributed by atoms with Gasteiger partial charge in [-0.3, -0.25) is 14.3 Å². The number of pyridine rings is 1. The Morgan fingerprint density at radius 2 is 1.97 bits per heavy atom. The lowest BCUT2D eigenvalue weighted by Crippen LogP contribution is -2.28. The zero-order valence-corrected chi connectivity index (χ0v) is 21.1. The Hall–Kier alpha value is -3.48. The molecule has 0 bridgehead atoms. The number of aromatic nitrogens is 7. The number of aryl methyl sites for hydroxylation is 1. The van der Waals surface area contributed by atoms with Crippen LogP contribution in [0, 0.1) is 12.8 Å². The number of fused-ring (bicyclic) bond motifs is 1. The SMILES string of the molecule is Cc1ncnc(C2CC2)c1-c1ncc2nc(NCc3ccc([S+](N)[O-])cn3)c(=O)n(CC(C)C)c2n1. The molecule has 1 fully saturated rings. The number of hydrogen-bond acceptors (Lipinski definition) is 10. The lowest BCUT2D eigenvalue weighted by Gasteiger charge is -2.15. The highest BCUT2D eigenvalue weighted by Crippen LogP contribution is 2.43. The molecule has 5 rings (SSSR count). The fourth-order valence-electron chi connectivity index (χ4n) is 4.05. The van der Waals surface area contributed by atoms with Gasteiger partial charge in [0, 0.05) is 12.5 Å². The third kappa shape index (κ3) is 4.92. The average molecular weight is 506 g/mol. The van der Waals surface area contributed by atoms with Gasteiger partial charge in [-0.25, -0.2) is 24.9 Å². The molecule has 12 heteroatoms. The zero-order valence-electron chi connectivity index (χ0n) is 20.3. The number of nitrogens with zero attached hydrogens (tertiary/aromatic N) is 7. The van der Waals surface area contributed by atoms with E-state index in [1.54, 1.807) is 29.2 Å². The van der Waals surface area contributed by atoms with Crippen molar-refractivity contribution in [2.45, 2.75) is 57.5 Å². The smallest absolute Gasteiger partial charge is 0.294 e. The second-order valence-corrected chi connectivity index (χ2v) is 10.4. The normalized spacial score (nSPS) is 14.4. The van der Waals surface area contributed by atoms with Gasteiger partial charge in [-0.2, -0.15) is 0 Å². The van der Waals surface area contributed by atoms with E-state index in [1.807, 2.05) is 20.8 Å². The summed E-state index contributed by atoms with van der Waals surface area (Å²) >= 11 is -1.59. The summed E-state index contributed by atoms with van der Waals surface area (Å²) in [5.74, 6) is 1.29. The summed E-state index contributed by atoms with van der Waals surface area (Å²) in [5.41, 5.74) is 3.97. The highest BCUT2D eigenvalue weighted by molar-refractivity contribution is 7.89. The Labute approximate surface area is 211 Å². The summed E-state index contributed by atoms with van der Waals surface area (Å²) in [7, 11) is 0. The largest absolute Gasteiger partial charge is 0.593 e. The van der Waals surface area contributed by atoms with Crippen molar-refractivity contribution in [3.63, 3.8) is 0 Å². The third-order valence-corrected chi connectivity index (χ3v) is 6.66. The molecule has 0 spiro atoms. The lowest BCUT2D eigenvalue weighted by molar-refractivity contribution is 0.520. The average Bonchev–Trinajstić information content (AvgIpc) is 3.70. The number of nitrogens with one attached hydrogen (secondary N) is 1. The van der Waals surface area contributed by atoms with Crippen LogP contribution in [-0.4, -0.2) is 39.0 Å². The van der Waals surface area contributed by atoms with Crippen molar-refractivity contribution in [1.29, 1.82) is 0 Å². The van der Waals surface area contributed by atoms with Crippen molar-refractivity contribution >= 4 is 28.3 Å². The van der Waals surface area contributed by atoms with E-state index in [2.05, 4.69) is 30.2 Å². The van der Waals surface area contributed by atoms with E-state index >= 15 is 0 Å². The highest BCUT2D eigenvalue weighted by atomic mass is 32.2. The van der Waals surface area contributed by atoms with Crippen molar-refractivity contribution in [3.8, 4) is 11.4 Å². The maximum absolute atomic E-state index is 13.5. The first kappa shape index (κ1) is 24.2. The maximum atomic E-state index is 13.5. The van der Waals surface area contributed by atoms with Gasteiger partial charge in [-0.15, -0.1) is 5.14 Å². The molecule has 0 aliphatic heterocycles. The summed E-state index contributed by atoms with van der Waals surface area (Å²) < 4.78 is 13.0. The standard InChI is InChI=1S/C24H27N9O2S/c1-13(2)11-33-23-18(10-28-21(32-23)19-14(3)29-12-30-20(19)15-4-5-15)31-22(24(33)34)27-8-16-6-7-17(9-26-16)36(25)35/h6-7,9-10,12-13,15H,4-5,8,11,25H2,1-3H3,(H,27,31). The number of rotatable bonds is 8. The van der Waals surface area contributed by atoms with Crippen LogP contribution >= 0.6 is 0 Å². The van der Waals surface area contributed by atoms with Crippen molar-refractivity contribution in [2.75, 3.05) is 5.32 Å². The van der Waals surface area contributed by atoms with E-state index in [1.165, 1.54) is 6.20 Å². The van der Waals surface area contributed by atoms with Gasteiger partial charge in [0.25, 0.3) is 5.56 Å². The van der Waals surface area contributed by atoms with Crippen molar-refractivity contribution in [1.82, 2.24) is 34.5 Å². The first-order valence-electron chi connectivity index (χ1n) is 11.8. The fraction of sp³-hybridized carbons (Fsp3) is 0.375. The summed E-state index contributed by atoms with van der Waals surface area (Å²) in [5, 5.41) is 8.47. The molecule has 4 aromatic rings. The molecule has 36 heavy (non-hydrogen) atoms. The van der Waals surface area contributed by atoms with E-state index in [-0.39, 0.29) is 23.8 Å². The van der Waals surface area contributed by atoms with Crippen LogP contribution in [0.25, 0.3) is 22.6 Å². The maximum Gasteiger partial charge on any atom is 0.294 e. The molecular weight excluding hydrogens is 478 g/mol. The van der Waals surface area contributed by atoms with E-state index in [0.29, 0.717) is 40.0 Å². The quantitative estimate of drug-likeness (QED) is 0.340. The van der Waals surface area contributed by atoms with Crippen LogP contribution in [0.1, 0.15) is 49.7 Å². The molecule has 3 N–H and O–H groups in total. The Morgan fingerprint density at radius 1 is 1.17 bits per heavy atom. The van der Waals surface area contributed by atoms with Crippen molar-refractivity contribution in [2.24, 2.45) is 11.1 Å². The highest BCUT2D eigenvalue weighted by Gasteiger charge is 2.30. The molecule has 4 heterocycles. The predicted octanol–water partition coefficient (Wildman–Crippen LogP) is 2.47. The minimum Gasteiger partial charge on any atom is -0.593 e. The summed E-state index contributed by atoms with van der Waals surface area (Å²) in [6, 6.07) is 3.35. The molecule has 0 aromatic carbocycles. The molecule has 0 amide bonds. The fourth-order valence-corrected chi connectivity index (χ4v) is 4.41. The molecule has 1 atom stereocenters. The molecule has 1 aliphatic rings. The van der Waals surface area contributed by atoms with Gasteiger partial charge in [-0.1, -0.05) is 13.8 Å². The summed E-state index contributed by atoms with van der Waals surface area (Å²) in [4.78, 5) is 40.9. The van der Waals surface area contributed by atoms with Gasteiger partial charge in [0.1, 0.15) is 11.8 Å². The third-order valence-electron chi connectivity index (χ3n) is 5.95. The molecule has 186 valence electrons. The molecular formula is C24H27N9O2S. The first-order valence-corrected chi connectivity index (χ1v) is 13.0. The first-order chi connectivity index (χ1) is 17.3. The Bertz CT molecular complexity index is 1470. The number of hydrogen-bond donors (Lipinski definition) is 2. The predicted molar refractivity (Wildman–Crippen MR) is 136 cm³/mol. The van der Waals surface area contributed by atoms with Gasteiger partial charge in [0.15, 0.2) is 22.2 Å². The zero-order chi connectivity index (χ0) is 25.4. The van der Waals surface area contributed by atoms with E-state index in [9.17, 15) is 9.35 Å². The molecule has 4 aromatic heterocycles. The number of anilines is 1. The molecule has 1 aliphatic carbocycles.